The third-order valence-corrected chi connectivity index (χ3v) is 5.73. The highest BCUT2D eigenvalue weighted by atomic mass is 32.2. The van der Waals surface area contributed by atoms with Crippen molar-refractivity contribution in [3.63, 3.8) is 0 Å². The van der Waals surface area contributed by atoms with Crippen LogP contribution in [0.3, 0.4) is 0 Å². The minimum absolute atomic E-state index is 0.0474. The van der Waals surface area contributed by atoms with E-state index in [0.717, 1.165) is 33.5 Å². The molecule has 0 atom stereocenters. The molecule has 0 saturated carbocycles. The van der Waals surface area contributed by atoms with Crippen LogP contribution in [-0.2, 0) is 18.7 Å². The van der Waals surface area contributed by atoms with Crippen molar-refractivity contribution in [2.75, 3.05) is 5.75 Å². The Morgan fingerprint density at radius 1 is 1.39 bits per heavy atom. The molecule has 6 nitrogen and oxygen atoms in total. The van der Waals surface area contributed by atoms with Gasteiger partial charge in [-0.1, -0.05) is 23.9 Å². The standard InChI is InChI=1S/C15H15N3O3S2/c1-2-17-14(19)13-12(7-8-22-13)16-15(17)23-9-10-3-5-11(6-4-10)18(20)21/h3-6H,2,7-9H2,1H3. The highest BCUT2D eigenvalue weighted by molar-refractivity contribution is 7.99. The second-order valence-corrected chi connectivity index (χ2v) is 7.08. The highest BCUT2D eigenvalue weighted by Crippen LogP contribution is 2.29. The fourth-order valence-electron chi connectivity index (χ4n) is 2.37. The van der Waals surface area contributed by atoms with E-state index in [1.54, 1.807) is 28.5 Å². The minimum atomic E-state index is -0.411. The Balaban J connectivity index is 1.82. The predicted octanol–water partition coefficient (Wildman–Crippen LogP) is 3.11. The Morgan fingerprint density at radius 3 is 2.78 bits per heavy atom. The topological polar surface area (TPSA) is 78.0 Å². The van der Waals surface area contributed by atoms with Crippen LogP contribution in [-0.4, -0.2) is 20.2 Å². The number of aryl methyl sites for hydroxylation is 1. The number of hydrogen-bond acceptors (Lipinski definition) is 6. The van der Waals surface area contributed by atoms with Crippen LogP contribution >= 0.6 is 23.5 Å². The van der Waals surface area contributed by atoms with E-state index in [9.17, 15) is 14.9 Å². The first-order chi connectivity index (χ1) is 11.1. The van der Waals surface area contributed by atoms with Gasteiger partial charge in [-0.2, -0.15) is 0 Å². The van der Waals surface area contributed by atoms with Crippen molar-refractivity contribution in [1.82, 2.24) is 9.55 Å². The average molecular weight is 349 g/mol. The largest absolute Gasteiger partial charge is 0.287 e. The molecule has 120 valence electrons. The summed E-state index contributed by atoms with van der Waals surface area (Å²) in [7, 11) is 0. The summed E-state index contributed by atoms with van der Waals surface area (Å²) in [6.07, 6.45) is 0.838. The zero-order valence-electron chi connectivity index (χ0n) is 12.5. The zero-order valence-corrected chi connectivity index (χ0v) is 14.2. The average Bonchev–Trinajstić information content (AvgIpc) is 3.02. The number of nitro benzene ring substituents is 1. The molecule has 0 unspecified atom stereocenters. The van der Waals surface area contributed by atoms with E-state index < -0.39 is 4.92 Å². The molecule has 1 aromatic heterocycles. The van der Waals surface area contributed by atoms with Crippen LogP contribution in [0.4, 0.5) is 5.69 Å². The normalized spacial score (nSPS) is 13.1. The number of thioether (sulfide) groups is 2. The van der Waals surface area contributed by atoms with Gasteiger partial charge in [0.1, 0.15) is 0 Å². The van der Waals surface area contributed by atoms with E-state index in [0.29, 0.717) is 12.3 Å². The monoisotopic (exact) mass is 349 g/mol. The maximum Gasteiger partial charge on any atom is 0.269 e. The molecule has 2 heterocycles. The Kier molecular flexibility index (Phi) is 4.72. The first-order valence-corrected chi connectivity index (χ1v) is 9.20. The van der Waals surface area contributed by atoms with Gasteiger partial charge in [-0.25, -0.2) is 4.98 Å². The lowest BCUT2D eigenvalue weighted by Gasteiger charge is -2.11. The molecule has 0 radical (unpaired) electrons. The van der Waals surface area contributed by atoms with Gasteiger partial charge >= 0.3 is 0 Å². The maximum atomic E-state index is 12.5. The highest BCUT2D eigenvalue weighted by Gasteiger charge is 2.21. The molecule has 2 aromatic rings. The summed E-state index contributed by atoms with van der Waals surface area (Å²) in [5.41, 5.74) is 1.99. The van der Waals surface area contributed by atoms with Crippen molar-refractivity contribution in [2.24, 2.45) is 0 Å². The van der Waals surface area contributed by atoms with E-state index >= 15 is 0 Å². The van der Waals surface area contributed by atoms with Crippen molar-refractivity contribution < 1.29 is 4.92 Å². The summed E-state index contributed by atoms with van der Waals surface area (Å²) in [4.78, 5) is 28.1. The molecule has 0 N–H and O–H groups in total. The molecule has 23 heavy (non-hydrogen) atoms. The SMILES string of the molecule is CCn1c(SCc2ccc([N+](=O)[O-])cc2)nc2c(c1=O)SCC2. The minimum Gasteiger partial charge on any atom is -0.287 e. The molecule has 1 aliphatic rings. The van der Waals surface area contributed by atoms with Crippen molar-refractivity contribution in [3.8, 4) is 0 Å². The van der Waals surface area contributed by atoms with Crippen LogP contribution in [0.25, 0.3) is 0 Å². The van der Waals surface area contributed by atoms with Crippen molar-refractivity contribution in [2.45, 2.75) is 35.7 Å². The van der Waals surface area contributed by atoms with Gasteiger partial charge in [-0.15, -0.1) is 11.8 Å². The van der Waals surface area contributed by atoms with Crippen LogP contribution in [0.15, 0.2) is 39.1 Å². The summed E-state index contributed by atoms with van der Waals surface area (Å²) < 4.78 is 1.70. The molecule has 0 amide bonds. The third kappa shape index (κ3) is 3.28. The lowest BCUT2D eigenvalue weighted by molar-refractivity contribution is -0.384. The molecule has 0 saturated heterocycles. The quantitative estimate of drug-likeness (QED) is 0.357. The molecule has 1 aromatic carbocycles. The molecule has 1 aliphatic heterocycles. The number of non-ortho nitro benzene ring substituents is 1. The number of benzene rings is 1. The van der Waals surface area contributed by atoms with Gasteiger partial charge in [0.15, 0.2) is 5.16 Å². The number of rotatable bonds is 5. The van der Waals surface area contributed by atoms with Gasteiger partial charge < -0.3 is 0 Å². The Morgan fingerprint density at radius 2 is 2.13 bits per heavy atom. The van der Waals surface area contributed by atoms with Gasteiger partial charge in [0.2, 0.25) is 0 Å². The summed E-state index contributed by atoms with van der Waals surface area (Å²) in [5.74, 6) is 1.54. The number of aromatic nitrogens is 2. The lowest BCUT2D eigenvalue weighted by atomic mass is 10.2. The summed E-state index contributed by atoms with van der Waals surface area (Å²) in [6.45, 7) is 2.52. The van der Waals surface area contributed by atoms with E-state index in [4.69, 9.17) is 0 Å². The Hall–Kier alpha value is -1.80. The number of nitro groups is 1. The summed E-state index contributed by atoms with van der Waals surface area (Å²) in [5, 5.41) is 11.4. The second kappa shape index (κ2) is 6.76. The second-order valence-electron chi connectivity index (χ2n) is 5.03. The molecule has 0 bridgehead atoms. The number of nitrogens with zero attached hydrogens (tertiary/aromatic N) is 3. The number of hydrogen-bond donors (Lipinski definition) is 0. The first kappa shape index (κ1) is 16.1. The fraction of sp³-hybridized carbons (Fsp3) is 0.333. The van der Waals surface area contributed by atoms with Gasteiger partial charge in [0.05, 0.1) is 15.5 Å². The lowest BCUT2D eigenvalue weighted by Crippen LogP contribution is -2.24. The third-order valence-electron chi connectivity index (χ3n) is 3.58. The molecule has 0 spiro atoms. The van der Waals surface area contributed by atoms with E-state index in [2.05, 4.69) is 4.98 Å². The number of fused-ring (bicyclic) bond motifs is 1. The zero-order chi connectivity index (χ0) is 16.4. The van der Waals surface area contributed by atoms with Gasteiger partial charge in [0, 0.05) is 36.6 Å². The van der Waals surface area contributed by atoms with Crippen molar-refractivity contribution in [1.29, 1.82) is 0 Å². The van der Waals surface area contributed by atoms with E-state index in [1.165, 1.54) is 23.9 Å². The molecule has 3 rings (SSSR count). The molecule has 0 aliphatic carbocycles. The van der Waals surface area contributed by atoms with Crippen molar-refractivity contribution in [3.05, 3.63) is 56.0 Å². The molecular formula is C15H15N3O3S2. The van der Waals surface area contributed by atoms with E-state index in [1.807, 2.05) is 6.92 Å². The summed E-state index contributed by atoms with van der Waals surface area (Å²) in [6, 6.07) is 6.47. The smallest absolute Gasteiger partial charge is 0.269 e. The predicted molar refractivity (Wildman–Crippen MR) is 91.3 cm³/mol. The Labute approximate surface area is 141 Å². The van der Waals surface area contributed by atoms with Crippen molar-refractivity contribution >= 4 is 29.2 Å². The van der Waals surface area contributed by atoms with Crippen LogP contribution in [0.1, 0.15) is 18.2 Å². The van der Waals surface area contributed by atoms with Crippen LogP contribution < -0.4 is 5.56 Å². The maximum absolute atomic E-state index is 12.5. The van der Waals surface area contributed by atoms with Crippen LogP contribution in [0.5, 0.6) is 0 Å². The van der Waals surface area contributed by atoms with Gasteiger partial charge in [0.25, 0.3) is 11.2 Å². The molecular weight excluding hydrogens is 334 g/mol. The Bertz CT molecular complexity index is 803. The van der Waals surface area contributed by atoms with E-state index in [-0.39, 0.29) is 11.2 Å². The molecule has 0 fully saturated rings. The summed E-state index contributed by atoms with van der Waals surface area (Å²) >= 11 is 3.07. The fourth-order valence-corrected chi connectivity index (χ4v) is 4.45. The van der Waals surface area contributed by atoms with Crippen LogP contribution in [0.2, 0.25) is 0 Å². The van der Waals surface area contributed by atoms with Crippen LogP contribution in [0, 0.1) is 10.1 Å². The first-order valence-electron chi connectivity index (χ1n) is 7.22. The molecule has 8 heteroatoms. The van der Waals surface area contributed by atoms with Gasteiger partial charge in [-0.3, -0.25) is 19.5 Å². The van der Waals surface area contributed by atoms with Gasteiger partial charge in [-0.05, 0) is 12.5 Å².